The molecule has 3 aromatic rings. The number of aromatic hydroxyl groups is 5. The Morgan fingerprint density at radius 3 is 1.43 bits per heavy atom. The number of hydrogen-bond acceptors (Lipinski definition) is 13. The molecule has 14 heteroatoms. The van der Waals surface area contributed by atoms with Crippen LogP contribution in [-0.2, 0) is 19.1 Å². The zero-order valence-corrected chi connectivity index (χ0v) is 29.7. The van der Waals surface area contributed by atoms with Gasteiger partial charge in [-0.2, -0.15) is 0 Å². The quantitative estimate of drug-likeness (QED) is 0.112. The molecule has 0 aliphatic rings. The molecule has 5 N–H and O–H groups in total. The molecular formula is C32H41NaO13. The number of phenolic OH excluding ortho intramolecular Hbond substituents is 5. The van der Waals surface area contributed by atoms with Gasteiger partial charge in [0.05, 0.1) is 11.8 Å². The zero-order chi connectivity index (χ0) is 35.3. The van der Waals surface area contributed by atoms with Gasteiger partial charge in [-0.05, 0) is 12.8 Å². The van der Waals surface area contributed by atoms with Crippen LogP contribution < -0.4 is 40.1 Å². The number of benzene rings is 2. The summed E-state index contributed by atoms with van der Waals surface area (Å²) in [5.74, 6) is -4.08. The first-order chi connectivity index (χ1) is 20.6. The molecule has 0 aliphatic carbocycles. The molecule has 0 atom stereocenters. The van der Waals surface area contributed by atoms with Gasteiger partial charge in [-0.1, -0.05) is 55.4 Å². The van der Waals surface area contributed by atoms with Gasteiger partial charge >= 0.3 is 41.5 Å². The van der Waals surface area contributed by atoms with Crippen LogP contribution in [0.3, 0.4) is 0 Å². The molecule has 1 aromatic heterocycles. The first kappa shape index (κ1) is 44.1. The molecule has 1 heterocycles. The van der Waals surface area contributed by atoms with Crippen molar-refractivity contribution in [2.24, 2.45) is 17.8 Å². The van der Waals surface area contributed by atoms with E-state index in [4.69, 9.17) is 19.7 Å². The Hall–Kier alpha value is -4.07. The van der Waals surface area contributed by atoms with Crippen molar-refractivity contribution >= 4 is 34.7 Å². The monoisotopic (exact) mass is 656 g/mol. The Bertz CT molecular complexity index is 1510. The van der Waals surface area contributed by atoms with E-state index < -0.39 is 35.2 Å². The van der Waals surface area contributed by atoms with Gasteiger partial charge in [0.25, 0.3) is 0 Å². The molecule has 0 bridgehead atoms. The van der Waals surface area contributed by atoms with Gasteiger partial charge in [0.15, 0.2) is 11.2 Å². The van der Waals surface area contributed by atoms with Crippen LogP contribution in [0.15, 0.2) is 39.5 Å². The average molecular weight is 657 g/mol. The van der Waals surface area contributed by atoms with E-state index in [1.54, 1.807) is 41.5 Å². The number of ether oxygens (including phenoxy) is 1. The minimum Gasteiger partial charge on any atom is -0.550 e. The third kappa shape index (κ3) is 14.8. The van der Waals surface area contributed by atoms with Crippen molar-refractivity contribution in [2.75, 3.05) is 0 Å². The molecule has 0 spiro atoms. The molecule has 0 fully saturated rings. The zero-order valence-electron chi connectivity index (χ0n) is 27.7. The Balaban J connectivity index is 0. The molecule has 0 saturated carbocycles. The van der Waals surface area contributed by atoms with Crippen LogP contribution in [0.1, 0.15) is 84.3 Å². The van der Waals surface area contributed by atoms with E-state index in [-0.39, 0.29) is 92.4 Å². The van der Waals surface area contributed by atoms with Gasteiger partial charge in [-0.15, -0.1) is 0 Å². The predicted octanol–water partition coefficient (Wildman–Crippen LogP) is 1.10. The second kappa shape index (κ2) is 20.1. The molecule has 13 nitrogen and oxygen atoms in total. The van der Waals surface area contributed by atoms with Crippen LogP contribution in [0.5, 0.6) is 28.7 Å². The number of esters is 2. The Morgan fingerprint density at radius 2 is 1.09 bits per heavy atom. The SMILES string of the molecule is CC(=O)c1c(O)cc(O)cc1O.CC(C)C(=O)OC(=O)C(C)C.CC(C)C(=O)[O-].CC(C)c1cc(=O)c2c(O)cc(O)cc2o1.[Na+]. The summed E-state index contributed by atoms with van der Waals surface area (Å²) in [6.45, 7) is 14.9. The standard InChI is InChI=1S/C12H12O4.C8H8O4.C8H14O3.C4H8O2.Na/c1-6(2)10-5-9(15)12-8(14)3-7(13)4-11(12)16-10;1-4(9)8-6(11)2-5(10)3-7(8)12;1-5(2)7(9)11-8(10)6(3)4;1-3(2)4(5)6;/h3-6,13-14H,1-2H3;2-3,10-12H,1H3;5-6H,1-4H3;3H,1-2H3,(H,5,6);/q;;;;+1/p-1. The van der Waals surface area contributed by atoms with Crippen LogP contribution in [0, 0.1) is 17.8 Å². The maximum Gasteiger partial charge on any atom is 1.00 e. The second-order valence-electron chi connectivity index (χ2n) is 10.9. The predicted molar refractivity (Wildman–Crippen MR) is 162 cm³/mol. The fraction of sp³-hybridized carbons (Fsp3) is 0.406. The van der Waals surface area contributed by atoms with Crippen LogP contribution >= 0.6 is 0 Å². The number of carboxylic acid groups (broad SMARTS) is 1. The maximum atomic E-state index is 11.7. The Labute approximate surface area is 288 Å². The van der Waals surface area contributed by atoms with E-state index >= 15 is 0 Å². The van der Waals surface area contributed by atoms with Gasteiger partial charge in [0.2, 0.25) is 0 Å². The summed E-state index contributed by atoms with van der Waals surface area (Å²) < 4.78 is 9.94. The van der Waals surface area contributed by atoms with Crippen molar-refractivity contribution in [2.45, 2.75) is 68.2 Å². The Kier molecular flexibility index (Phi) is 19.3. The van der Waals surface area contributed by atoms with E-state index in [0.29, 0.717) is 5.76 Å². The number of Topliss-reactive ketones (excluding diaryl/α,β-unsaturated/α-hetero) is 1. The number of hydrogen-bond donors (Lipinski definition) is 5. The normalized spacial score (nSPS) is 10.1. The van der Waals surface area contributed by atoms with E-state index in [0.717, 1.165) is 18.2 Å². The van der Waals surface area contributed by atoms with Gasteiger partial charge in [0.1, 0.15) is 51.0 Å². The average Bonchev–Trinajstić information content (AvgIpc) is 2.88. The van der Waals surface area contributed by atoms with E-state index in [1.807, 2.05) is 13.8 Å². The van der Waals surface area contributed by atoms with Crippen molar-refractivity contribution in [3.8, 4) is 28.7 Å². The van der Waals surface area contributed by atoms with Crippen molar-refractivity contribution in [1.82, 2.24) is 0 Å². The molecule has 46 heavy (non-hydrogen) atoms. The van der Waals surface area contributed by atoms with E-state index in [9.17, 15) is 39.3 Å². The van der Waals surface area contributed by atoms with Crippen LogP contribution in [0.25, 0.3) is 11.0 Å². The van der Waals surface area contributed by atoms with Crippen molar-refractivity contribution in [1.29, 1.82) is 0 Å². The van der Waals surface area contributed by atoms with Gasteiger partial charge in [-0.3, -0.25) is 19.2 Å². The van der Waals surface area contributed by atoms with Gasteiger partial charge in [-0.25, -0.2) is 0 Å². The molecule has 0 amide bonds. The maximum absolute atomic E-state index is 11.7. The molecular weight excluding hydrogens is 615 g/mol. The van der Waals surface area contributed by atoms with Crippen molar-refractivity contribution in [3.05, 3.63) is 51.9 Å². The summed E-state index contributed by atoms with van der Waals surface area (Å²) in [4.78, 5) is 53.7. The summed E-state index contributed by atoms with van der Waals surface area (Å²) in [6.07, 6.45) is 0. The number of carboxylic acids is 1. The third-order valence-electron chi connectivity index (χ3n) is 5.43. The molecule has 0 saturated heterocycles. The summed E-state index contributed by atoms with van der Waals surface area (Å²) in [5.41, 5.74) is -0.274. The summed E-state index contributed by atoms with van der Waals surface area (Å²) in [5, 5.41) is 55.6. The number of carbonyl (C=O) groups excluding carboxylic acids is 4. The van der Waals surface area contributed by atoms with Crippen molar-refractivity contribution in [3.63, 3.8) is 0 Å². The van der Waals surface area contributed by atoms with Crippen LogP contribution in [-0.4, -0.2) is 49.2 Å². The summed E-state index contributed by atoms with van der Waals surface area (Å²) in [6, 6.07) is 5.80. The number of carbonyl (C=O) groups is 4. The minimum atomic E-state index is -0.991. The number of fused-ring (bicyclic) bond motifs is 1. The van der Waals surface area contributed by atoms with Crippen molar-refractivity contribution < 1.29 is 88.5 Å². The smallest absolute Gasteiger partial charge is 0.550 e. The first-order valence-electron chi connectivity index (χ1n) is 13.8. The van der Waals surface area contributed by atoms with Gasteiger partial charge < -0.3 is 44.6 Å². The molecule has 0 aliphatic heterocycles. The van der Waals surface area contributed by atoms with Crippen LogP contribution in [0.4, 0.5) is 0 Å². The number of aliphatic carboxylic acids is 1. The fourth-order valence-corrected chi connectivity index (χ4v) is 2.85. The molecule has 3 rings (SSSR count). The first-order valence-corrected chi connectivity index (χ1v) is 13.8. The number of rotatable bonds is 5. The molecule has 2 aromatic carbocycles. The Morgan fingerprint density at radius 1 is 0.696 bits per heavy atom. The largest absolute Gasteiger partial charge is 1.00 e. The van der Waals surface area contributed by atoms with Gasteiger partial charge in [0, 0.05) is 42.2 Å². The molecule has 0 unspecified atom stereocenters. The van der Waals surface area contributed by atoms with E-state index in [2.05, 4.69) is 4.74 Å². The fourth-order valence-electron chi connectivity index (χ4n) is 2.85. The van der Waals surface area contributed by atoms with Crippen LogP contribution in [0.2, 0.25) is 0 Å². The number of phenols is 5. The number of ketones is 1. The third-order valence-corrected chi connectivity index (χ3v) is 5.43. The summed E-state index contributed by atoms with van der Waals surface area (Å²) >= 11 is 0. The minimum absolute atomic E-state index is 0. The summed E-state index contributed by atoms with van der Waals surface area (Å²) in [7, 11) is 0. The molecule has 248 valence electrons. The second-order valence-corrected chi connectivity index (χ2v) is 10.9. The molecule has 0 radical (unpaired) electrons. The topological polar surface area (TPSA) is 232 Å². The van der Waals surface area contributed by atoms with E-state index in [1.165, 1.54) is 19.1 Å².